The number of allylic oxidation sites excluding steroid dienone is 3. The Morgan fingerprint density at radius 1 is 0.459 bits per heavy atom. The molecule has 3 unspecified atom stereocenters. The number of nitrogens with one attached hydrogen (secondary N) is 1. The first-order valence-electron chi connectivity index (χ1n) is 32.7. The average Bonchev–Trinajstić information content (AvgIpc) is 3.36. The monoisotopic (exact) mass is 1060 g/mol. The second-order valence-corrected chi connectivity index (χ2v) is 25.2. The van der Waals surface area contributed by atoms with Gasteiger partial charge in [-0.05, 0) is 44.9 Å². The molecular formula is C65H129N2O6P. The van der Waals surface area contributed by atoms with Crippen molar-refractivity contribution < 1.29 is 32.9 Å². The van der Waals surface area contributed by atoms with Gasteiger partial charge in [-0.1, -0.05) is 308 Å². The van der Waals surface area contributed by atoms with Gasteiger partial charge in [0.2, 0.25) is 5.91 Å². The Hall–Kier alpha value is -1.02. The standard InChI is InChI=1S/C65H129N2O6P/c1-6-8-10-12-14-16-18-20-22-24-26-28-29-30-31-32-33-34-35-36-37-39-41-43-45-47-49-51-53-55-57-59-65(69)66-63(62-73-74(70,71)72-61-60-67(3,4)5)64(68)58-56-54-52-50-48-46-44-42-40-38-27-25-23-21-19-17-15-13-11-9-7-2/h24,26,56,58,63-64,68H,6-23,25,27-55,57,59-62H2,1-5H3,(H-,66,69,70,71)/b26-24-,58-56+. The topological polar surface area (TPSA) is 108 Å². The number of carbonyl (C=O) groups is 1. The summed E-state index contributed by atoms with van der Waals surface area (Å²) in [7, 11) is 1.28. The van der Waals surface area contributed by atoms with Crippen molar-refractivity contribution in [3.63, 3.8) is 0 Å². The van der Waals surface area contributed by atoms with Crippen molar-refractivity contribution in [2.75, 3.05) is 40.9 Å². The lowest BCUT2D eigenvalue weighted by Gasteiger charge is -2.29. The highest BCUT2D eigenvalue weighted by molar-refractivity contribution is 7.45. The van der Waals surface area contributed by atoms with Gasteiger partial charge in [-0.25, -0.2) is 0 Å². The number of nitrogens with zero attached hydrogens (tertiary/aromatic N) is 1. The SMILES string of the molecule is CCCCCCCCCC/C=C\CCCCCCCCCCCCCCCCCCCCCC(=O)NC(COP(=O)([O-])OCC[N+](C)(C)C)C(O)/C=C/CCCCCCCCCCCCCCCCCCCCC. The van der Waals surface area contributed by atoms with E-state index < -0.39 is 20.0 Å². The van der Waals surface area contributed by atoms with E-state index in [0.29, 0.717) is 17.4 Å². The lowest BCUT2D eigenvalue weighted by atomic mass is 10.0. The van der Waals surface area contributed by atoms with Crippen LogP contribution in [0.3, 0.4) is 0 Å². The highest BCUT2D eigenvalue weighted by atomic mass is 31.2. The number of unbranched alkanes of at least 4 members (excludes halogenated alkanes) is 46. The highest BCUT2D eigenvalue weighted by Crippen LogP contribution is 2.38. The van der Waals surface area contributed by atoms with Gasteiger partial charge in [-0.15, -0.1) is 0 Å². The molecule has 74 heavy (non-hydrogen) atoms. The number of quaternary nitrogens is 1. The third-order valence-corrected chi connectivity index (χ3v) is 16.1. The molecule has 3 atom stereocenters. The number of hydrogen-bond acceptors (Lipinski definition) is 6. The highest BCUT2D eigenvalue weighted by Gasteiger charge is 2.23. The summed E-state index contributed by atoms with van der Waals surface area (Å²) in [6.07, 6.45) is 72.8. The zero-order valence-corrected chi connectivity index (χ0v) is 51.2. The molecule has 8 nitrogen and oxygen atoms in total. The largest absolute Gasteiger partial charge is 0.756 e. The second-order valence-electron chi connectivity index (χ2n) is 23.8. The van der Waals surface area contributed by atoms with E-state index in [1.807, 2.05) is 27.2 Å². The number of likely N-dealkylation sites (N-methyl/N-ethyl adjacent to an activating group) is 1. The Balaban J connectivity index is 4.05. The zero-order chi connectivity index (χ0) is 54.2. The minimum Gasteiger partial charge on any atom is -0.756 e. The Kier molecular flexibility index (Phi) is 55.9. The Morgan fingerprint density at radius 2 is 0.743 bits per heavy atom. The summed E-state index contributed by atoms with van der Waals surface area (Å²) in [6.45, 7) is 4.70. The van der Waals surface area contributed by atoms with Crippen LogP contribution in [0, 0.1) is 0 Å². The van der Waals surface area contributed by atoms with E-state index in [0.717, 1.165) is 38.5 Å². The van der Waals surface area contributed by atoms with Crippen LogP contribution in [-0.2, 0) is 18.4 Å². The summed E-state index contributed by atoms with van der Waals surface area (Å²) in [5.74, 6) is -0.190. The fourth-order valence-electron chi connectivity index (χ4n) is 10.0. The number of amides is 1. The van der Waals surface area contributed by atoms with Crippen LogP contribution in [0.4, 0.5) is 0 Å². The number of carbonyl (C=O) groups excluding carboxylic acids is 1. The molecule has 1 amide bonds. The Bertz CT molecular complexity index is 1260. The average molecular weight is 1070 g/mol. The summed E-state index contributed by atoms with van der Waals surface area (Å²) in [5.41, 5.74) is 0. The van der Waals surface area contributed by atoms with Crippen LogP contribution < -0.4 is 10.2 Å². The van der Waals surface area contributed by atoms with Crippen LogP contribution in [0.1, 0.15) is 335 Å². The molecule has 0 aromatic carbocycles. The molecule has 0 aromatic rings. The van der Waals surface area contributed by atoms with Crippen LogP contribution in [0.5, 0.6) is 0 Å². The van der Waals surface area contributed by atoms with Crippen LogP contribution in [0.25, 0.3) is 0 Å². The van der Waals surface area contributed by atoms with E-state index in [2.05, 4.69) is 31.3 Å². The van der Waals surface area contributed by atoms with Crippen LogP contribution >= 0.6 is 7.82 Å². The number of aliphatic hydroxyl groups is 1. The summed E-state index contributed by atoms with van der Waals surface area (Å²) in [5, 5.41) is 13.9. The summed E-state index contributed by atoms with van der Waals surface area (Å²) < 4.78 is 23.4. The van der Waals surface area contributed by atoms with E-state index in [1.165, 1.54) is 276 Å². The number of phosphoric acid groups is 1. The van der Waals surface area contributed by atoms with E-state index in [-0.39, 0.29) is 19.1 Å². The maximum Gasteiger partial charge on any atom is 0.268 e. The molecule has 9 heteroatoms. The quantitative estimate of drug-likeness (QED) is 0.0272. The van der Waals surface area contributed by atoms with Gasteiger partial charge in [0, 0.05) is 6.42 Å². The van der Waals surface area contributed by atoms with Gasteiger partial charge in [-0.3, -0.25) is 9.36 Å². The molecule has 0 aromatic heterocycles. The molecule has 0 saturated carbocycles. The molecule has 0 spiro atoms. The first-order valence-corrected chi connectivity index (χ1v) is 34.2. The van der Waals surface area contributed by atoms with Crippen molar-refractivity contribution in [3.05, 3.63) is 24.3 Å². The van der Waals surface area contributed by atoms with Crippen molar-refractivity contribution in [2.24, 2.45) is 0 Å². The number of phosphoric ester groups is 1. The molecule has 0 aliphatic rings. The van der Waals surface area contributed by atoms with E-state index in [4.69, 9.17) is 9.05 Å². The number of aliphatic hydroxyl groups excluding tert-OH is 1. The maximum atomic E-state index is 13.0. The maximum absolute atomic E-state index is 13.0. The number of hydrogen-bond donors (Lipinski definition) is 2. The molecule has 0 aliphatic heterocycles. The van der Waals surface area contributed by atoms with Gasteiger partial charge in [-0.2, -0.15) is 0 Å². The van der Waals surface area contributed by atoms with Gasteiger partial charge < -0.3 is 28.8 Å². The Labute approximate surface area is 462 Å². The van der Waals surface area contributed by atoms with Gasteiger partial charge in [0.05, 0.1) is 39.9 Å². The molecule has 440 valence electrons. The molecule has 0 rings (SSSR count). The lowest BCUT2D eigenvalue weighted by molar-refractivity contribution is -0.870. The molecule has 0 fully saturated rings. The summed E-state index contributed by atoms with van der Waals surface area (Å²) >= 11 is 0. The normalized spacial score (nSPS) is 13.9. The van der Waals surface area contributed by atoms with E-state index in [9.17, 15) is 19.4 Å². The fourth-order valence-corrected chi connectivity index (χ4v) is 10.8. The first-order chi connectivity index (χ1) is 36.0. The van der Waals surface area contributed by atoms with Crippen molar-refractivity contribution in [1.29, 1.82) is 0 Å². The predicted octanol–water partition coefficient (Wildman–Crippen LogP) is 19.7. The van der Waals surface area contributed by atoms with E-state index in [1.54, 1.807) is 6.08 Å². The van der Waals surface area contributed by atoms with Gasteiger partial charge in [0.15, 0.2) is 0 Å². The number of rotatable bonds is 61. The van der Waals surface area contributed by atoms with Gasteiger partial charge in [0.1, 0.15) is 13.2 Å². The van der Waals surface area contributed by atoms with Crippen LogP contribution in [0.15, 0.2) is 24.3 Å². The minimum atomic E-state index is -4.60. The third kappa shape index (κ3) is 58.7. The van der Waals surface area contributed by atoms with Crippen LogP contribution in [-0.4, -0.2) is 68.5 Å². The zero-order valence-electron chi connectivity index (χ0n) is 50.3. The third-order valence-electron chi connectivity index (χ3n) is 15.2. The lowest BCUT2D eigenvalue weighted by Crippen LogP contribution is -2.45. The summed E-state index contributed by atoms with van der Waals surface area (Å²) in [4.78, 5) is 25.6. The molecular weight excluding hydrogens is 936 g/mol. The molecule has 0 radical (unpaired) electrons. The van der Waals surface area contributed by atoms with Crippen molar-refractivity contribution >= 4 is 13.7 Å². The predicted molar refractivity (Wildman–Crippen MR) is 321 cm³/mol. The Morgan fingerprint density at radius 3 is 1.05 bits per heavy atom. The molecule has 2 N–H and O–H groups in total. The fraction of sp³-hybridized carbons (Fsp3) is 0.923. The van der Waals surface area contributed by atoms with Crippen LogP contribution in [0.2, 0.25) is 0 Å². The van der Waals surface area contributed by atoms with Crippen molar-refractivity contribution in [3.8, 4) is 0 Å². The first kappa shape index (κ1) is 73.0. The smallest absolute Gasteiger partial charge is 0.268 e. The van der Waals surface area contributed by atoms with E-state index >= 15 is 0 Å². The molecule has 0 saturated heterocycles. The summed E-state index contributed by atoms with van der Waals surface area (Å²) in [6, 6.07) is -0.884. The van der Waals surface area contributed by atoms with Crippen molar-refractivity contribution in [1.82, 2.24) is 5.32 Å². The molecule has 0 heterocycles. The molecule has 0 aliphatic carbocycles. The van der Waals surface area contributed by atoms with Gasteiger partial charge in [0.25, 0.3) is 7.82 Å². The van der Waals surface area contributed by atoms with Gasteiger partial charge >= 0.3 is 0 Å². The van der Waals surface area contributed by atoms with Crippen molar-refractivity contribution in [2.45, 2.75) is 347 Å². The molecule has 0 bridgehead atoms. The minimum absolute atomic E-state index is 0.00180. The second kappa shape index (κ2) is 56.7.